The van der Waals surface area contributed by atoms with Gasteiger partial charge < -0.3 is 14.2 Å². The molecule has 152 valence electrons. The first-order valence-corrected chi connectivity index (χ1v) is 10.1. The molecule has 0 radical (unpaired) electrons. The van der Waals surface area contributed by atoms with Crippen molar-refractivity contribution in [2.24, 2.45) is 0 Å². The molecule has 7 nitrogen and oxygen atoms in total. The Bertz CT molecular complexity index is 1030. The van der Waals surface area contributed by atoms with Crippen LogP contribution in [0.1, 0.15) is 6.92 Å². The molecular formula is C21H22N2O5S. The number of hydrogen-bond donors (Lipinski definition) is 0. The van der Waals surface area contributed by atoms with Gasteiger partial charge in [-0.2, -0.15) is 0 Å². The van der Waals surface area contributed by atoms with Crippen molar-refractivity contribution in [1.82, 2.24) is 9.55 Å². The van der Waals surface area contributed by atoms with E-state index in [1.807, 2.05) is 13.0 Å². The zero-order chi connectivity index (χ0) is 20.6. The minimum Gasteiger partial charge on any atom is -0.497 e. The number of benzene rings is 2. The molecule has 2 aromatic carbocycles. The van der Waals surface area contributed by atoms with Crippen molar-refractivity contribution in [3.8, 4) is 11.4 Å². The lowest BCUT2D eigenvalue weighted by atomic mass is 10.2. The summed E-state index contributed by atoms with van der Waals surface area (Å²) in [6, 6.07) is 14.2. The smallest absolute Gasteiger partial charge is 0.316 e. The molecule has 0 bridgehead atoms. The number of thioether (sulfide) groups is 1. The molecule has 0 aliphatic carbocycles. The number of hydrogen-bond acceptors (Lipinski definition) is 7. The van der Waals surface area contributed by atoms with Crippen LogP contribution in [0.5, 0.6) is 5.75 Å². The Morgan fingerprint density at radius 1 is 1.10 bits per heavy atom. The van der Waals surface area contributed by atoms with E-state index in [4.69, 9.17) is 14.2 Å². The molecule has 0 saturated heterocycles. The van der Waals surface area contributed by atoms with E-state index in [9.17, 15) is 9.59 Å². The maximum absolute atomic E-state index is 13.1. The van der Waals surface area contributed by atoms with Crippen molar-refractivity contribution in [3.05, 3.63) is 58.9 Å². The Labute approximate surface area is 172 Å². The first kappa shape index (κ1) is 20.9. The topological polar surface area (TPSA) is 79.7 Å². The molecule has 3 aromatic rings. The van der Waals surface area contributed by atoms with Gasteiger partial charge in [0.05, 0.1) is 36.1 Å². The lowest BCUT2D eigenvalue weighted by Gasteiger charge is -2.13. The molecule has 0 spiro atoms. The molecule has 1 aromatic heterocycles. The van der Waals surface area contributed by atoms with Gasteiger partial charge in [-0.25, -0.2) is 4.98 Å². The number of ether oxygens (including phenoxy) is 3. The SMILES string of the molecule is CCOCCOC(=O)CSc1nc2ccccc2c(=O)n1-c1ccc(OC)cc1. The summed E-state index contributed by atoms with van der Waals surface area (Å²) >= 11 is 1.16. The normalized spacial score (nSPS) is 10.8. The van der Waals surface area contributed by atoms with Gasteiger partial charge in [0.1, 0.15) is 12.4 Å². The highest BCUT2D eigenvalue weighted by molar-refractivity contribution is 7.99. The first-order chi connectivity index (χ1) is 14.1. The Balaban J connectivity index is 1.90. The first-order valence-electron chi connectivity index (χ1n) is 9.16. The lowest BCUT2D eigenvalue weighted by molar-refractivity contribution is -0.141. The number of rotatable bonds is 9. The van der Waals surface area contributed by atoms with Crippen LogP contribution in [-0.4, -0.2) is 48.2 Å². The molecule has 1 heterocycles. The van der Waals surface area contributed by atoms with Crippen LogP contribution in [0, 0.1) is 0 Å². The van der Waals surface area contributed by atoms with Gasteiger partial charge in [0.25, 0.3) is 5.56 Å². The minimum absolute atomic E-state index is 0.0348. The second kappa shape index (κ2) is 10.1. The highest BCUT2D eigenvalue weighted by atomic mass is 32.2. The molecule has 0 fully saturated rings. The number of methoxy groups -OCH3 is 1. The molecule has 0 saturated carbocycles. The number of carbonyl (C=O) groups is 1. The van der Waals surface area contributed by atoms with E-state index in [0.29, 0.717) is 40.7 Å². The summed E-state index contributed by atoms with van der Waals surface area (Å²) in [5.74, 6) is 0.327. The third kappa shape index (κ3) is 5.16. The third-order valence-corrected chi connectivity index (χ3v) is 5.00. The Hall–Kier alpha value is -2.84. The largest absolute Gasteiger partial charge is 0.497 e. The van der Waals surface area contributed by atoms with Crippen molar-refractivity contribution in [2.45, 2.75) is 12.1 Å². The summed E-state index contributed by atoms with van der Waals surface area (Å²) in [5, 5.41) is 0.924. The van der Waals surface area contributed by atoms with E-state index < -0.39 is 5.97 Å². The van der Waals surface area contributed by atoms with Gasteiger partial charge in [-0.3, -0.25) is 14.2 Å². The fraction of sp³-hybridized carbons (Fsp3) is 0.286. The summed E-state index contributed by atoms with van der Waals surface area (Å²) in [4.78, 5) is 29.8. The number of aromatic nitrogens is 2. The second-order valence-corrected chi connectivity index (χ2v) is 6.90. The van der Waals surface area contributed by atoms with E-state index in [-0.39, 0.29) is 17.9 Å². The van der Waals surface area contributed by atoms with Gasteiger partial charge in [0.15, 0.2) is 5.16 Å². The van der Waals surface area contributed by atoms with Crippen LogP contribution in [0.25, 0.3) is 16.6 Å². The number of esters is 1. The van der Waals surface area contributed by atoms with E-state index in [1.165, 1.54) is 4.57 Å². The van der Waals surface area contributed by atoms with E-state index >= 15 is 0 Å². The van der Waals surface area contributed by atoms with Crippen LogP contribution in [0.3, 0.4) is 0 Å². The third-order valence-electron chi connectivity index (χ3n) is 4.09. The zero-order valence-electron chi connectivity index (χ0n) is 16.3. The summed E-state index contributed by atoms with van der Waals surface area (Å²) < 4.78 is 17.0. The van der Waals surface area contributed by atoms with Crippen molar-refractivity contribution in [2.75, 3.05) is 32.7 Å². The van der Waals surface area contributed by atoms with Crippen LogP contribution in [0.2, 0.25) is 0 Å². The summed E-state index contributed by atoms with van der Waals surface area (Å²) in [6.07, 6.45) is 0. The van der Waals surface area contributed by atoms with Gasteiger partial charge in [0, 0.05) is 6.61 Å². The van der Waals surface area contributed by atoms with Crippen LogP contribution in [0.15, 0.2) is 58.5 Å². The molecule has 3 rings (SSSR count). The number of para-hydroxylation sites is 1. The quantitative estimate of drug-likeness (QED) is 0.230. The molecule has 0 aliphatic rings. The summed E-state index contributed by atoms with van der Waals surface area (Å²) in [7, 11) is 1.58. The van der Waals surface area contributed by atoms with Crippen LogP contribution >= 0.6 is 11.8 Å². The Morgan fingerprint density at radius 3 is 2.59 bits per heavy atom. The standard InChI is InChI=1S/C21H22N2O5S/c1-3-27-12-13-28-19(24)14-29-21-22-18-7-5-4-6-17(18)20(25)23(21)15-8-10-16(26-2)11-9-15/h4-11H,3,12-14H2,1-2H3. The van der Waals surface area contributed by atoms with Gasteiger partial charge in [-0.1, -0.05) is 23.9 Å². The fourth-order valence-corrected chi connectivity index (χ4v) is 3.50. The second-order valence-electron chi connectivity index (χ2n) is 5.96. The monoisotopic (exact) mass is 414 g/mol. The predicted octanol–water partition coefficient (Wildman–Crippen LogP) is 3.07. The zero-order valence-corrected chi connectivity index (χ0v) is 17.1. The average Bonchev–Trinajstić information content (AvgIpc) is 2.75. The average molecular weight is 414 g/mol. The molecule has 0 atom stereocenters. The van der Waals surface area contributed by atoms with Crippen molar-refractivity contribution >= 4 is 28.6 Å². The highest BCUT2D eigenvalue weighted by Crippen LogP contribution is 2.23. The summed E-state index contributed by atoms with van der Waals surface area (Å²) in [6.45, 7) is 3.00. The lowest BCUT2D eigenvalue weighted by Crippen LogP contribution is -2.22. The molecular weight excluding hydrogens is 392 g/mol. The molecule has 0 unspecified atom stereocenters. The summed E-state index contributed by atoms with van der Waals surface area (Å²) in [5.41, 5.74) is 1.02. The van der Waals surface area contributed by atoms with E-state index in [0.717, 1.165) is 11.8 Å². The van der Waals surface area contributed by atoms with Gasteiger partial charge in [-0.15, -0.1) is 0 Å². The number of nitrogens with zero attached hydrogens (tertiary/aromatic N) is 2. The minimum atomic E-state index is -0.390. The van der Waals surface area contributed by atoms with Crippen molar-refractivity contribution in [3.63, 3.8) is 0 Å². The van der Waals surface area contributed by atoms with Crippen molar-refractivity contribution in [1.29, 1.82) is 0 Å². The van der Waals surface area contributed by atoms with Crippen LogP contribution in [0.4, 0.5) is 0 Å². The molecule has 0 N–H and O–H groups in total. The number of fused-ring (bicyclic) bond motifs is 1. The molecule has 29 heavy (non-hydrogen) atoms. The van der Waals surface area contributed by atoms with Gasteiger partial charge in [0.2, 0.25) is 0 Å². The molecule has 8 heteroatoms. The van der Waals surface area contributed by atoms with E-state index in [1.54, 1.807) is 49.6 Å². The fourth-order valence-electron chi connectivity index (χ4n) is 2.69. The molecule has 0 amide bonds. The van der Waals surface area contributed by atoms with Crippen LogP contribution < -0.4 is 10.3 Å². The number of carbonyl (C=O) groups excluding carboxylic acids is 1. The van der Waals surface area contributed by atoms with Gasteiger partial charge in [-0.05, 0) is 43.3 Å². The molecule has 0 aliphatic heterocycles. The van der Waals surface area contributed by atoms with Crippen LogP contribution in [-0.2, 0) is 14.3 Å². The maximum atomic E-state index is 13.1. The van der Waals surface area contributed by atoms with E-state index in [2.05, 4.69) is 4.98 Å². The maximum Gasteiger partial charge on any atom is 0.316 e. The predicted molar refractivity (Wildman–Crippen MR) is 112 cm³/mol. The van der Waals surface area contributed by atoms with Crippen molar-refractivity contribution < 1.29 is 19.0 Å². The van der Waals surface area contributed by atoms with Gasteiger partial charge >= 0.3 is 5.97 Å². The Kier molecular flexibility index (Phi) is 7.26. The Morgan fingerprint density at radius 2 is 1.86 bits per heavy atom. The highest BCUT2D eigenvalue weighted by Gasteiger charge is 2.15.